The van der Waals surface area contributed by atoms with Crippen molar-refractivity contribution in [1.82, 2.24) is 0 Å². The van der Waals surface area contributed by atoms with Gasteiger partial charge in [-0.1, -0.05) is 58.8 Å². The molecule has 1 nitrogen and oxygen atoms in total. The molecular weight excluding hydrogens is 184 g/mol. The fraction of sp³-hybridized carbons (Fsp3) is 0.929. The van der Waals surface area contributed by atoms with Gasteiger partial charge in [0.25, 0.3) is 0 Å². The molecule has 0 spiro atoms. The van der Waals surface area contributed by atoms with E-state index in [2.05, 4.69) is 13.8 Å². The van der Waals surface area contributed by atoms with E-state index in [1.54, 1.807) is 0 Å². The Morgan fingerprint density at radius 3 is 1.73 bits per heavy atom. The predicted molar refractivity (Wildman–Crippen MR) is 67.1 cm³/mol. The first kappa shape index (κ1) is 14.7. The van der Waals surface area contributed by atoms with Gasteiger partial charge < -0.3 is 0 Å². The van der Waals surface area contributed by atoms with E-state index in [0.717, 1.165) is 32.1 Å². The molecule has 0 atom stereocenters. The molecule has 0 aromatic rings. The lowest BCUT2D eigenvalue weighted by Crippen LogP contribution is -1.96. The third-order valence-corrected chi connectivity index (χ3v) is 2.87. The topological polar surface area (TPSA) is 17.1 Å². The molecule has 90 valence electrons. The average Bonchev–Trinajstić information content (AvgIpc) is 2.25. The van der Waals surface area contributed by atoms with E-state index in [0.29, 0.717) is 5.78 Å². The average molecular weight is 212 g/mol. The van der Waals surface area contributed by atoms with Crippen LogP contribution in [0, 0.1) is 0 Å². The number of carbonyl (C=O) groups is 1. The number of hydrogen-bond acceptors (Lipinski definition) is 1. The molecule has 0 aliphatic rings. The molecule has 0 aliphatic carbocycles. The zero-order valence-corrected chi connectivity index (χ0v) is 10.7. The van der Waals surface area contributed by atoms with E-state index in [-0.39, 0.29) is 0 Å². The monoisotopic (exact) mass is 212 g/mol. The number of carbonyl (C=O) groups excluding carboxylic acids is 1. The van der Waals surface area contributed by atoms with Gasteiger partial charge in [-0.3, -0.25) is 4.79 Å². The molecule has 1 heteroatoms. The highest BCUT2D eigenvalue weighted by Crippen LogP contribution is 2.09. The van der Waals surface area contributed by atoms with Crippen molar-refractivity contribution < 1.29 is 4.79 Å². The fourth-order valence-corrected chi connectivity index (χ4v) is 1.78. The van der Waals surface area contributed by atoms with Crippen molar-refractivity contribution >= 4 is 5.78 Å². The molecule has 0 saturated heterocycles. The Labute approximate surface area is 95.6 Å². The summed E-state index contributed by atoms with van der Waals surface area (Å²) in [6.07, 6.45) is 13.0. The minimum atomic E-state index is 0.477. The van der Waals surface area contributed by atoms with Crippen LogP contribution >= 0.6 is 0 Å². The van der Waals surface area contributed by atoms with Gasteiger partial charge in [0.2, 0.25) is 0 Å². The molecule has 0 aliphatic heterocycles. The molecule has 15 heavy (non-hydrogen) atoms. The third kappa shape index (κ3) is 11.6. The van der Waals surface area contributed by atoms with E-state index >= 15 is 0 Å². The van der Waals surface area contributed by atoms with Crippen LogP contribution in [0.2, 0.25) is 0 Å². The maximum Gasteiger partial charge on any atom is 0.132 e. The summed E-state index contributed by atoms with van der Waals surface area (Å²) in [5, 5.41) is 0. The van der Waals surface area contributed by atoms with E-state index in [4.69, 9.17) is 0 Å². The highest BCUT2D eigenvalue weighted by atomic mass is 16.1. The summed E-state index contributed by atoms with van der Waals surface area (Å²) >= 11 is 0. The van der Waals surface area contributed by atoms with Crippen LogP contribution in [0.25, 0.3) is 0 Å². The molecule has 0 aromatic heterocycles. The highest BCUT2D eigenvalue weighted by molar-refractivity contribution is 5.78. The first-order valence-electron chi connectivity index (χ1n) is 6.83. The van der Waals surface area contributed by atoms with Gasteiger partial charge in [0.15, 0.2) is 0 Å². The molecule has 0 N–H and O–H groups in total. The SMILES string of the molecule is CCCCCCCCCC(=O)CCCC. The minimum absolute atomic E-state index is 0.477. The molecule has 0 bridgehead atoms. The van der Waals surface area contributed by atoms with Crippen LogP contribution in [0.5, 0.6) is 0 Å². The zero-order chi connectivity index (χ0) is 11.4. The first-order chi connectivity index (χ1) is 7.31. The summed E-state index contributed by atoms with van der Waals surface area (Å²) in [6.45, 7) is 4.38. The molecule has 0 unspecified atom stereocenters. The molecule has 0 amide bonds. The van der Waals surface area contributed by atoms with Gasteiger partial charge in [-0.25, -0.2) is 0 Å². The second-order valence-electron chi connectivity index (χ2n) is 4.51. The van der Waals surface area contributed by atoms with Gasteiger partial charge in [-0.05, 0) is 12.8 Å². The Morgan fingerprint density at radius 1 is 0.667 bits per heavy atom. The maximum atomic E-state index is 11.3. The first-order valence-corrected chi connectivity index (χ1v) is 6.83. The summed E-state index contributed by atoms with van der Waals surface area (Å²) in [5.74, 6) is 0.477. The summed E-state index contributed by atoms with van der Waals surface area (Å²) in [5.41, 5.74) is 0. The van der Waals surface area contributed by atoms with Crippen molar-refractivity contribution in [2.75, 3.05) is 0 Å². The van der Waals surface area contributed by atoms with Gasteiger partial charge in [-0.15, -0.1) is 0 Å². The summed E-state index contributed by atoms with van der Waals surface area (Å²) < 4.78 is 0. The standard InChI is InChI=1S/C14H28O/c1-3-5-7-8-9-10-11-13-14(15)12-6-4-2/h3-13H2,1-2H3. The minimum Gasteiger partial charge on any atom is -0.300 e. The second-order valence-corrected chi connectivity index (χ2v) is 4.51. The van der Waals surface area contributed by atoms with Crippen LogP contribution < -0.4 is 0 Å². The van der Waals surface area contributed by atoms with Crippen molar-refractivity contribution in [3.05, 3.63) is 0 Å². The number of rotatable bonds is 11. The van der Waals surface area contributed by atoms with Gasteiger partial charge in [-0.2, -0.15) is 0 Å². The zero-order valence-electron chi connectivity index (χ0n) is 10.7. The summed E-state index contributed by atoms with van der Waals surface area (Å²) in [6, 6.07) is 0. The Bertz CT molecular complexity index is 140. The molecule has 0 aromatic carbocycles. The van der Waals surface area contributed by atoms with Crippen molar-refractivity contribution in [1.29, 1.82) is 0 Å². The van der Waals surface area contributed by atoms with Crippen LogP contribution in [-0.2, 0) is 4.79 Å². The second kappa shape index (κ2) is 11.7. The largest absolute Gasteiger partial charge is 0.300 e. The van der Waals surface area contributed by atoms with E-state index in [1.807, 2.05) is 0 Å². The van der Waals surface area contributed by atoms with Gasteiger partial charge >= 0.3 is 0 Å². The molecular formula is C14H28O. The van der Waals surface area contributed by atoms with Crippen molar-refractivity contribution in [2.45, 2.75) is 84.5 Å². The van der Waals surface area contributed by atoms with E-state index in [1.165, 1.54) is 38.5 Å². The highest BCUT2D eigenvalue weighted by Gasteiger charge is 2.00. The van der Waals surface area contributed by atoms with Crippen LogP contribution in [0.15, 0.2) is 0 Å². The smallest absolute Gasteiger partial charge is 0.132 e. The Balaban J connectivity index is 3.06. The van der Waals surface area contributed by atoms with Crippen LogP contribution in [0.1, 0.15) is 84.5 Å². The lowest BCUT2D eigenvalue weighted by molar-refractivity contribution is -0.119. The number of Topliss-reactive ketones (excluding diaryl/α,β-unsaturated/α-hetero) is 1. The lowest BCUT2D eigenvalue weighted by Gasteiger charge is -2.01. The fourth-order valence-electron chi connectivity index (χ4n) is 1.78. The predicted octanol–water partition coefficient (Wildman–Crippen LogP) is 4.89. The van der Waals surface area contributed by atoms with Crippen LogP contribution in [0.3, 0.4) is 0 Å². The van der Waals surface area contributed by atoms with Crippen LogP contribution in [-0.4, -0.2) is 5.78 Å². The molecule has 0 fully saturated rings. The van der Waals surface area contributed by atoms with E-state index < -0.39 is 0 Å². The Morgan fingerprint density at radius 2 is 1.13 bits per heavy atom. The number of ketones is 1. The quantitative estimate of drug-likeness (QED) is 0.446. The van der Waals surface area contributed by atoms with Crippen molar-refractivity contribution in [2.24, 2.45) is 0 Å². The molecule has 0 saturated carbocycles. The van der Waals surface area contributed by atoms with Gasteiger partial charge in [0.05, 0.1) is 0 Å². The number of hydrogen-bond donors (Lipinski definition) is 0. The molecule has 0 heterocycles. The van der Waals surface area contributed by atoms with Crippen molar-refractivity contribution in [3.8, 4) is 0 Å². The molecule has 0 radical (unpaired) electrons. The van der Waals surface area contributed by atoms with E-state index in [9.17, 15) is 4.79 Å². The maximum absolute atomic E-state index is 11.3. The summed E-state index contributed by atoms with van der Waals surface area (Å²) in [7, 11) is 0. The van der Waals surface area contributed by atoms with Crippen molar-refractivity contribution in [3.63, 3.8) is 0 Å². The molecule has 0 rings (SSSR count). The lowest BCUT2D eigenvalue weighted by atomic mass is 10.0. The van der Waals surface area contributed by atoms with Gasteiger partial charge in [0.1, 0.15) is 5.78 Å². The summed E-state index contributed by atoms with van der Waals surface area (Å²) in [4.78, 5) is 11.3. The Kier molecular flexibility index (Phi) is 11.5. The number of unbranched alkanes of at least 4 members (excludes halogenated alkanes) is 7. The normalized spacial score (nSPS) is 10.5. The third-order valence-electron chi connectivity index (χ3n) is 2.87. The van der Waals surface area contributed by atoms with Gasteiger partial charge in [0, 0.05) is 12.8 Å². The Hall–Kier alpha value is -0.330. The van der Waals surface area contributed by atoms with Crippen LogP contribution in [0.4, 0.5) is 0 Å².